The molecular weight excluding hydrogens is 349 g/mol. The van der Waals surface area contributed by atoms with Crippen molar-refractivity contribution in [2.24, 2.45) is 0 Å². The third kappa shape index (κ3) is 6.47. The topological polar surface area (TPSA) is 65.5 Å². The Morgan fingerprint density at radius 3 is 2.22 bits per heavy atom. The summed E-state index contributed by atoms with van der Waals surface area (Å²) in [6.07, 6.45) is -0.962. The summed E-state index contributed by atoms with van der Waals surface area (Å²) < 4.78 is 23.8. The molecule has 0 radical (unpaired) electrons. The van der Waals surface area contributed by atoms with Crippen LogP contribution in [0.4, 0.5) is 9.18 Å². The third-order valence-electron chi connectivity index (χ3n) is 3.31. The summed E-state index contributed by atoms with van der Waals surface area (Å²) in [5.41, 5.74) is 0.856. The molecule has 2 aromatic rings. The van der Waals surface area contributed by atoms with Gasteiger partial charge in [0.1, 0.15) is 11.4 Å². The predicted octanol–water partition coefficient (Wildman–Crippen LogP) is 5.20. The van der Waals surface area contributed by atoms with Gasteiger partial charge in [-0.3, -0.25) is 9.78 Å². The first-order valence-electron chi connectivity index (χ1n) is 8.76. The molecule has 0 fully saturated rings. The number of carbonyl (C=O) groups is 1. The lowest BCUT2D eigenvalue weighted by molar-refractivity contribution is 0.0204. The zero-order valence-corrected chi connectivity index (χ0v) is 16.8. The number of aromatic nitrogens is 1. The zero-order chi connectivity index (χ0) is 20.8. The van der Waals surface area contributed by atoms with E-state index in [4.69, 9.17) is 9.47 Å². The van der Waals surface area contributed by atoms with Gasteiger partial charge in [0.05, 0.1) is 5.69 Å². The smallest absolute Gasteiger partial charge is 0.428 e. The second kappa shape index (κ2) is 9.26. The van der Waals surface area contributed by atoms with Gasteiger partial charge in [0.25, 0.3) is 0 Å². The summed E-state index contributed by atoms with van der Waals surface area (Å²) in [4.78, 5) is 28.0. The van der Waals surface area contributed by atoms with Crippen molar-refractivity contribution < 1.29 is 18.7 Å². The number of hydrogen-bond acceptors (Lipinski definition) is 5. The van der Waals surface area contributed by atoms with Crippen LogP contribution < -0.4 is 10.2 Å². The van der Waals surface area contributed by atoms with E-state index in [1.165, 1.54) is 24.3 Å². The van der Waals surface area contributed by atoms with Crippen molar-refractivity contribution >= 4 is 6.16 Å². The highest BCUT2D eigenvalue weighted by molar-refractivity contribution is 5.67. The van der Waals surface area contributed by atoms with E-state index in [0.717, 1.165) is 0 Å². The first kappa shape index (κ1) is 22.3. The average Bonchev–Trinajstić information content (AvgIpc) is 2.74. The van der Waals surface area contributed by atoms with Crippen LogP contribution in [0.3, 0.4) is 0 Å². The first-order valence-corrected chi connectivity index (χ1v) is 8.76. The summed E-state index contributed by atoms with van der Waals surface area (Å²) in [6, 6.07) is 7.08. The summed E-state index contributed by atoms with van der Waals surface area (Å²) in [7, 11) is 0. The van der Waals surface area contributed by atoms with Gasteiger partial charge >= 0.3 is 6.16 Å². The molecule has 1 aromatic heterocycles. The molecule has 0 atom stereocenters. The Kier molecular flexibility index (Phi) is 7.64. The van der Waals surface area contributed by atoms with Crippen molar-refractivity contribution in [3.63, 3.8) is 0 Å². The van der Waals surface area contributed by atoms with Gasteiger partial charge in [-0.05, 0) is 58.4 Å². The number of halogens is 1. The molecule has 0 saturated carbocycles. The van der Waals surface area contributed by atoms with Crippen molar-refractivity contribution in [1.82, 2.24) is 4.98 Å². The number of nitrogens with zero attached hydrogens (tertiary/aromatic N) is 1. The molecule has 0 unspecified atom stereocenters. The van der Waals surface area contributed by atoms with Gasteiger partial charge in [0, 0.05) is 11.3 Å². The van der Waals surface area contributed by atoms with E-state index in [1.54, 1.807) is 40.7 Å². The molecule has 0 aliphatic heterocycles. The van der Waals surface area contributed by atoms with E-state index in [1.807, 2.05) is 13.8 Å². The minimum atomic E-state index is -0.962. The Labute approximate surface area is 159 Å². The van der Waals surface area contributed by atoms with E-state index in [0.29, 0.717) is 22.5 Å². The maximum Gasteiger partial charge on any atom is 0.514 e. The van der Waals surface area contributed by atoms with Gasteiger partial charge in [-0.1, -0.05) is 26.0 Å². The Morgan fingerprint density at radius 2 is 1.63 bits per heavy atom. The molecule has 0 aliphatic rings. The number of carbonyl (C=O) groups excluding carboxylic acids is 1. The highest BCUT2D eigenvalue weighted by Gasteiger charge is 2.19. The van der Waals surface area contributed by atoms with E-state index >= 15 is 0 Å². The first-order chi connectivity index (χ1) is 12.6. The fourth-order valence-electron chi connectivity index (χ4n) is 2.17. The molecule has 0 spiro atoms. The Balaban J connectivity index is 0.00000176. The lowest BCUT2D eigenvalue weighted by atomic mass is 10.1. The predicted molar refractivity (Wildman–Crippen MR) is 104 cm³/mol. The number of aryl methyl sites for hydroxylation is 2. The molecule has 0 aliphatic carbocycles. The van der Waals surface area contributed by atoms with Crippen molar-refractivity contribution in [3.05, 3.63) is 57.8 Å². The van der Waals surface area contributed by atoms with Gasteiger partial charge in [-0.15, -0.1) is 0 Å². The molecule has 1 heterocycles. The lowest BCUT2D eigenvalue weighted by Crippen LogP contribution is -2.26. The fraction of sp³-hybridized carbons (Fsp3) is 0.381. The van der Waals surface area contributed by atoms with Crippen molar-refractivity contribution in [3.8, 4) is 16.9 Å². The summed E-state index contributed by atoms with van der Waals surface area (Å²) in [5.74, 6) is -0.599. The SMILES string of the molecule is CC.Cc1nc(C)c(-c2ccc(OC(=O)OC(C)(C)C)c(=O)cc2)cc1F. The average molecular weight is 375 g/mol. The van der Waals surface area contributed by atoms with Crippen molar-refractivity contribution in [2.45, 2.75) is 54.1 Å². The Bertz CT molecular complexity index is 873. The van der Waals surface area contributed by atoms with Crippen LogP contribution in [0.25, 0.3) is 11.1 Å². The van der Waals surface area contributed by atoms with E-state index in [-0.39, 0.29) is 5.75 Å². The summed E-state index contributed by atoms with van der Waals surface area (Å²) in [6.45, 7) is 12.4. The van der Waals surface area contributed by atoms with E-state index in [9.17, 15) is 14.0 Å². The molecule has 27 heavy (non-hydrogen) atoms. The molecule has 146 valence electrons. The number of pyridine rings is 1. The second-order valence-corrected chi connectivity index (χ2v) is 6.61. The van der Waals surface area contributed by atoms with Gasteiger partial charge < -0.3 is 9.47 Å². The number of ether oxygens (including phenoxy) is 2. The maximum absolute atomic E-state index is 13.8. The lowest BCUT2D eigenvalue weighted by Gasteiger charge is -2.18. The molecule has 0 bridgehead atoms. The molecule has 0 N–H and O–H groups in total. The van der Waals surface area contributed by atoms with Crippen LogP contribution in [0.1, 0.15) is 46.0 Å². The van der Waals surface area contributed by atoms with Gasteiger partial charge in [-0.25, -0.2) is 9.18 Å². The van der Waals surface area contributed by atoms with Crippen LogP contribution in [-0.2, 0) is 4.74 Å². The molecule has 2 rings (SSSR count). The molecule has 5 nitrogen and oxygen atoms in total. The quantitative estimate of drug-likeness (QED) is 0.675. The number of rotatable bonds is 2. The molecular formula is C21H26FNO4. The van der Waals surface area contributed by atoms with Crippen LogP contribution in [0.2, 0.25) is 0 Å². The minimum Gasteiger partial charge on any atom is -0.428 e. The Hall–Kier alpha value is -2.76. The Morgan fingerprint density at radius 1 is 1.04 bits per heavy atom. The van der Waals surface area contributed by atoms with Gasteiger partial charge in [0.15, 0.2) is 5.75 Å². The summed E-state index contributed by atoms with van der Waals surface area (Å²) in [5, 5.41) is 0. The normalized spacial score (nSPS) is 10.5. The fourth-order valence-corrected chi connectivity index (χ4v) is 2.17. The molecule has 6 heteroatoms. The van der Waals surface area contributed by atoms with Crippen LogP contribution in [0.15, 0.2) is 35.1 Å². The largest absolute Gasteiger partial charge is 0.514 e. The standard InChI is InChI=1S/C19H20FNO4.C2H6/c1-11-14(10-15(20)12(2)21-11)13-6-8-16(22)17(9-7-13)24-18(23)25-19(3,4)5;1-2/h6-10H,1-5H3;1-2H3. The van der Waals surface area contributed by atoms with Crippen LogP contribution in [0.5, 0.6) is 5.75 Å². The third-order valence-corrected chi connectivity index (χ3v) is 3.31. The summed E-state index contributed by atoms with van der Waals surface area (Å²) >= 11 is 0. The maximum atomic E-state index is 13.8. The zero-order valence-electron chi connectivity index (χ0n) is 16.8. The highest BCUT2D eigenvalue weighted by atomic mass is 19.1. The molecule has 0 amide bonds. The monoisotopic (exact) mass is 375 g/mol. The van der Waals surface area contributed by atoms with Gasteiger partial charge in [0.2, 0.25) is 5.43 Å². The van der Waals surface area contributed by atoms with E-state index < -0.39 is 23.0 Å². The number of hydrogen-bond donors (Lipinski definition) is 0. The van der Waals surface area contributed by atoms with Crippen LogP contribution >= 0.6 is 0 Å². The van der Waals surface area contributed by atoms with Crippen LogP contribution in [0, 0.1) is 19.7 Å². The van der Waals surface area contributed by atoms with E-state index in [2.05, 4.69) is 4.98 Å². The highest BCUT2D eigenvalue weighted by Crippen LogP contribution is 2.24. The second-order valence-electron chi connectivity index (χ2n) is 6.61. The van der Waals surface area contributed by atoms with Gasteiger partial charge in [-0.2, -0.15) is 0 Å². The minimum absolute atomic E-state index is 0.168. The van der Waals surface area contributed by atoms with Crippen molar-refractivity contribution in [2.75, 3.05) is 0 Å². The van der Waals surface area contributed by atoms with Crippen LogP contribution in [-0.4, -0.2) is 16.7 Å². The van der Waals surface area contributed by atoms with Crippen molar-refractivity contribution in [1.29, 1.82) is 0 Å². The molecule has 0 saturated heterocycles. The molecule has 1 aromatic carbocycles.